The van der Waals surface area contributed by atoms with Gasteiger partial charge in [0.2, 0.25) is 5.16 Å². The van der Waals surface area contributed by atoms with E-state index in [0.29, 0.717) is 6.61 Å². The van der Waals surface area contributed by atoms with Crippen LogP contribution in [0.5, 0.6) is 5.75 Å². The molecule has 0 amide bonds. The maximum absolute atomic E-state index is 5.93. The third kappa shape index (κ3) is 6.56. The predicted molar refractivity (Wildman–Crippen MR) is 128 cm³/mol. The van der Waals surface area contributed by atoms with Crippen LogP contribution in [-0.4, -0.2) is 32.5 Å². The first-order valence-corrected chi connectivity index (χ1v) is 11.8. The summed E-state index contributed by atoms with van der Waals surface area (Å²) in [6, 6.07) is 25.8. The summed E-state index contributed by atoms with van der Waals surface area (Å²) < 4.78 is 7.68. The molecule has 1 heterocycles. The molecule has 0 aliphatic carbocycles. The molecule has 0 fully saturated rings. The molecular weight excluding hydrogens is 442 g/mol. The van der Waals surface area contributed by atoms with Crippen LogP contribution >= 0.6 is 23.4 Å². The second kappa shape index (κ2) is 11.7. The van der Waals surface area contributed by atoms with Crippen molar-refractivity contribution in [2.75, 3.05) is 12.3 Å². The van der Waals surface area contributed by atoms with Crippen molar-refractivity contribution in [1.29, 1.82) is 0 Å². The van der Waals surface area contributed by atoms with E-state index >= 15 is 0 Å². The molecule has 6 nitrogen and oxygen atoms in total. The number of ether oxygens (including phenoxy) is 1. The van der Waals surface area contributed by atoms with E-state index in [4.69, 9.17) is 16.3 Å². The largest absolute Gasteiger partial charge is 0.489 e. The number of aromatic nitrogens is 4. The summed E-state index contributed by atoms with van der Waals surface area (Å²) in [4.78, 5) is 0. The predicted octanol–water partition coefficient (Wildman–Crippen LogP) is 5.17. The molecule has 0 unspecified atom stereocenters. The molecule has 1 N–H and O–H groups in total. The zero-order chi connectivity index (χ0) is 22.0. The minimum atomic E-state index is 0.522. The number of nitrogens with zero attached hydrogens (tertiary/aromatic N) is 4. The maximum Gasteiger partial charge on any atom is 0.214 e. The lowest BCUT2D eigenvalue weighted by Gasteiger charge is -2.09. The summed E-state index contributed by atoms with van der Waals surface area (Å²) >= 11 is 7.59. The normalized spacial score (nSPS) is 10.9. The Bertz CT molecular complexity index is 1100. The third-order valence-corrected chi connectivity index (χ3v) is 5.97. The maximum atomic E-state index is 5.93. The van der Waals surface area contributed by atoms with Crippen molar-refractivity contribution < 1.29 is 4.74 Å². The van der Waals surface area contributed by atoms with Gasteiger partial charge in [-0.3, -0.25) is 0 Å². The highest BCUT2D eigenvalue weighted by Gasteiger charge is 2.08. The smallest absolute Gasteiger partial charge is 0.214 e. The minimum Gasteiger partial charge on any atom is -0.489 e. The van der Waals surface area contributed by atoms with Gasteiger partial charge < -0.3 is 10.1 Å². The quantitative estimate of drug-likeness (QED) is 0.243. The van der Waals surface area contributed by atoms with Crippen molar-refractivity contribution in [2.24, 2.45) is 0 Å². The van der Waals surface area contributed by atoms with Crippen LogP contribution in [0, 0.1) is 0 Å². The van der Waals surface area contributed by atoms with Gasteiger partial charge in [-0.2, -0.15) is 4.68 Å². The van der Waals surface area contributed by atoms with Crippen LogP contribution in [0.4, 0.5) is 0 Å². The standard InChI is InChI=1S/C24H24ClN5OS/c25-21-12-10-19(11-13-21)18-31-23-9-4-6-20(16-23)17-26-14-5-15-32-24-27-28-29-30(24)22-7-2-1-3-8-22/h1-4,6-13,16,26H,5,14-15,17-18H2. The van der Waals surface area contributed by atoms with Crippen molar-refractivity contribution in [1.82, 2.24) is 25.5 Å². The highest BCUT2D eigenvalue weighted by Crippen LogP contribution is 2.19. The fourth-order valence-electron chi connectivity index (χ4n) is 3.09. The molecule has 0 aliphatic rings. The summed E-state index contributed by atoms with van der Waals surface area (Å²) in [5.74, 6) is 1.80. The van der Waals surface area contributed by atoms with E-state index in [1.165, 1.54) is 5.56 Å². The number of benzene rings is 3. The molecule has 4 aromatic rings. The number of para-hydroxylation sites is 1. The fraction of sp³-hybridized carbons (Fsp3) is 0.208. The number of nitrogens with one attached hydrogen (secondary N) is 1. The van der Waals surface area contributed by atoms with Gasteiger partial charge in [0.05, 0.1) is 5.69 Å². The van der Waals surface area contributed by atoms with E-state index in [9.17, 15) is 0 Å². The van der Waals surface area contributed by atoms with E-state index in [1.54, 1.807) is 16.4 Å². The second-order valence-corrected chi connectivity index (χ2v) is 8.65. The molecule has 0 radical (unpaired) electrons. The average molecular weight is 466 g/mol. The Labute approximate surface area is 197 Å². The molecule has 164 valence electrons. The van der Waals surface area contributed by atoms with Gasteiger partial charge in [0, 0.05) is 17.3 Å². The van der Waals surface area contributed by atoms with Crippen LogP contribution < -0.4 is 10.1 Å². The van der Waals surface area contributed by atoms with Crippen molar-refractivity contribution in [3.63, 3.8) is 0 Å². The van der Waals surface area contributed by atoms with E-state index in [-0.39, 0.29) is 0 Å². The second-order valence-electron chi connectivity index (χ2n) is 7.15. The minimum absolute atomic E-state index is 0.522. The van der Waals surface area contributed by atoms with Crippen LogP contribution in [0.3, 0.4) is 0 Å². The lowest BCUT2D eigenvalue weighted by atomic mass is 10.2. The van der Waals surface area contributed by atoms with Gasteiger partial charge in [-0.1, -0.05) is 65.8 Å². The molecule has 0 saturated heterocycles. The molecule has 0 saturated carbocycles. The first-order chi connectivity index (χ1) is 15.8. The van der Waals surface area contributed by atoms with Gasteiger partial charge in [0.1, 0.15) is 12.4 Å². The zero-order valence-corrected chi connectivity index (χ0v) is 19.1. The summed E-state index contributed by atoms with van der Waals surface area (Å²) in [5, 5.41) is 17.1. The van der Waals surface area contributed by atoms with E-state index in [1.807, 2.05) is 66.7 Å². The van der Waals surface area contributed by atoms with Gasteiger partial charge in [-0.05, 0) is 70.9 Å². The monoisotopic (exact) mass is 465 g/mol. The van der Waals surface area contributed by atoms with Crippen molar-refractivity contribution in [3.8, 4) is 11.4 Å². The van der Waals surface area contributed by atoms with Gasteiger partial charge in [0.25, 0.3) is 0 Å². The number of thioether (sulfide) groups is 1. The summed E-state index contributed by atoms with van der Waals surface area (Å²) in [6.07, 6.45) is 1.01. The number of hydrogen-bond acceptors (Lipinski definition) is 6. The Balaban J connectivity index is 1.17. The average Bonchev–Trinajstić information content (AvgIpc) is 3.30. The molecule has 3 aromatic carbocycles. The molecule has 8 heteroatoms. The Morgan fingerprint density at radius 3 is 2.62 bits per heavy atom. The Morgan fingerprint density at radius 1 is 0.938 bits per heavy atom. The topological polar surface area (TPSA) is 64.9 Å². The van der Waals surface area contributed by atoms with Crippen LogP contribution in [0.1, 0.15) is 17.5 Å². The van der Waals surface area contributed by atoms with Crippen LogP contribution in [0.15, 0.2) is 84.0 Å². The highest BCUT2D eigenvalue weighted by molar-refractivity contribution is 7.99. The summed E-state index contributed by atoms with van der Waals surface area (Å²) in [5.41, 5.74) is 3.25. The lowest BCUT2D eigenvalue weighted by Crippen LogP contribution is -2.15. The van der Waals surface area contributed by atoms with Crippen LogP contribution in [-0.2, 0) is 13.2 Å². The molecule has 4 rings (SSSR count). The zero-order valence-electron chi connectivity index (χ0n) is 17.5. The number of hydrogen-bond donors (Lipinski definition) is 1. The molecular formula is C24H24ClN5OS. The van der Waals surface area contributed by atoms with Gasteiger partial charge in [-0.15, -0.1) is 5.10 Å². The molecule has 0 bridgehead atoms. The summed E-state index contributed by atoms with van der Waals surface area (Å²) in [6.45, 7) is 2.23. The molecule has 32 heavy (non-hydrogen) atoms. The number of tetrazole rings is 1. The SMILES string of the molecule is Clc1ccc(COc2cccc(CNCCCSc3nnnn3-c3ccccc3)c2)cc1. The first kappa shape index (κ1) is 22.3. The molecule has 0 spiro atoms. The fourth-order valence-corrected chi connectivity index (χ4v) is 4.04. The number of halogens is 1. The van der Waals surface area contributed by atoms with Crippen molar-refractivity contribution in [2.45, 2.75) is 24.7 Å². The van der Waals surface area contributed by atoms with Gasteiger partial charge in [0.15, 0.2) is 0 Å². The Hall–Kier alpha value is -2.87. The van der Waals surface area contributed by atoms with E-state index < -0.39 is 0 Å². The van der Waals surface area contributed by atoms with Gasteiger partial charge >= 0.3 is 0 Å². The molecule has 1 aromatic heterocycles. The Kier molecular flexibility index (Phi) is 8.14. The van der Waals surface area contributed by atoms with Crippen LogP contribution in [0.2, 0.25) is 5.02 Å². The van der Waals surface area contributed by atoms with Crippen LogP contribution in [0.25, 0.3) is 5.69 Å². The molecule has 0 aliphatic heterocycles. The van der Waals surface area contributed by atoms with Crippen molar-refractivity contribution in [3.05, 3.63) is 95.0 Å². The van der Waals surface area contributed by atoms with E-state index in [2.05, 4.69) is 33.0 Å². The number of rotatable bonds is 11. The third-order valence-electron chi connectivity index (χ3n) is 4.72. The highest BCUT2D eigenvalue weighted by atomic mass is 35.5. The van der Waals surface area contributed by atoms with Crippen molar-refractivity contribution >= 4 is 23.4 Å². The van der Waals surface area contributed by atoms with Gasteiger partial charge in [-0.25, -0.2) is 0 Å². The summed E-state index contributed by atoms with van der Waals surface area (Å²) in [7, 11) is 0. The molecule has 0 atom stereocenters. The lowest BCUT2D eigenvalue weighted by molar-refractivity contribution is 0.306. The first-order valence-electron chi connectivity index (χ1n) is 10.4. The van der Waals surface area contributed by atoms with E-state index in [0.717, 1.165) is 52.4 Å². The Morgan fingerprint density at radius 2 is 1.78 bits per heavy atom.